The van der Waals surface area contributed by atoms with Crippen LogP contribution in [0.4, 0.5) is 5.69 Å². The molecule has 0 saturated heterocycles. The minimum atomic E-state index is -1.14. The quantitative estimate of drug-likeness (QED) is 0.760. The Kier molecular flexibility index (Phi) is 6.03. The van der Waals surface area contributed by atoms with Crippen LogP contribution in [0.3, 0.4) is 0 Å². The van der Waals surface area contributed by atoms with Gasteiger partial charge in [-0.1, -0.05) is 6.07 Å². The van der Waals surface area contributed by atoms with Gasteiger partial charge in [0.15, 0.2) is 18.1 Å². The second-order valence-electron chi connectivity index (χ2n) is 6.54. The van der Waals surface area contributed by atoms with Crippen molar-refractivity contribution in [1.82, 2.24) is 0 Å². The molecule has 3 rings (SSSR count). The zero-order chi connectivity index (χ0) is 20.1. The van der Waals surface area contributed by atoms with E-state index in [1.165, 1.54) is 50.3 Å². The number of carbonyl (C=O) groups excluding carboxylic acids is 1. The molecular formula is C21H23NO6. The lowest BCUT2D eigenvalue weighted by atomic mass is 9.92. The molecule has 0 atom stereocenters. The highest BCUT2D eigenvalue weighted by Crippen LogP contribution is 2.36. The normalized spacial score (nSPS) is 12.6. The molecule has 0 spiro atoms. The number of aryl methyl sites for hydroxylation is 2. The maximum absolute atomic E-state index is 12.3. The van der Waals surface area contributed by atoms with E-state index < -0.39 is 11.9 Å². The van der Waals surface area contributed by atoms with E-state index in [2.05, 4.69) is 5.32 Å². The lowest BCUT2D eigenvalue weighted by molar-refractivity contribution is -0.118. The van der Waals surface area contributed by atoms with E-state index >= 15 is 0 Å². The molecule has 0 saturated carbocycles. The van der Waals surface area contributed by atoms with Crippen LogP contribution in [0.2, 0.25) is 0 Å². The highest BCUT2D eigenvalue weighted by molar-refractivity contribution is 5.97. The minimum Gasteiger partial charge on any atom is -0.493 e. The van der Waals surface area contributed by atoms with Crippen LogP contribution in [-0.2, 0) is 17.6 Å². The molecule has 0 heterocycles. The Balaban J connectivity index is 1.70. The molecule has 7 heteroatoms. The molecule has 0 radical (unpaired) electrons. The highest BCUT2D eigenvalue weighted by atomic mass is 16.5. The summed E-state index contributed by atoms with van der Waals surface area (Å²) in [6.07, 6.45) is 4.48. The lowest BCUT2D eigenvalue weighted by Gasteiger charge is -2.17. The monoisotopic (exact) mass is 385 g/mol. The Morgan fingerprint density at radius 1 is 1.04 bits per heavy atom. The van der Waals surface area contributed by atoms with Crippen LogP contribution in [0.25, 0.3) is 0 Å². The highest BCUT2D eigenvalue weighted by Gasteiger charge is 2.18. The third-order valence-corrected chi connectivity index (χ3v) is 4.69. The van der Waals surface area contributed by atoms with E-state index in [-0.39, 0.29) is 29.4 Å². The number of aromatic carboxylic acids is 1. The summed E-state index contributed by atoms with van der Waals surface area (Å²) in [5, 5.41) is 11.9. The third-order valence-electron chi connectivity index (χ3n) is 4.69. The van der Waals surface area contributed by atoms with Crippen molar-refractivity contribution >= 4 is 17.6 Å². The molecule has 1 amide bonds. The average molecular weight is 385 g/mol. The Labute approximate surface area is 163 Å². The van der Waals surface area contributed by atoms with Crippen LogP contribution in [0, 0.1) is 0 Å². The molecule has 0 fully saturated rings. The van der Waals surface area contributed by atoms with Crippen LogP contribution in [-0.4, -0.2) is 37.8 Å². The molecular weight excluding hydrogens is 362 g/mol. The van der Waals surface area contributed by atoms with Gasteiger partial charge in [0.2, 0.25) is 0 Å². The molecule has 2 aromatic rings. The number of benzene rings is 2. The van der Waals surface area contributed by atoms with E-state index in [9.17, 15) is 14.7 Å². The van der Waals surface area contributed by atoms with Crippen molar-refractivity contribution in [2.24, 2.45) is 0 Å². The van der Waals surface area contributed by atoms with Gasteiger partial charge in [0.05, 0.1) is 25.5 Å². The summed E-state index contributed by atoms with van der Waals surface area (Å²) in [5.41, 5.74) is 2.79. The molecule has 1 aliphatic carbocycles. The van der Waals surface area contributed by atoms with Crippen LogP contribution in [0.1, 0.15) is 34.3 Å². The first-order valence-electron chi connectivity index (χ1n) is 9.05. The number of anilines is 1. The van der Waals surface area contributed by atoms with Crippen LogP contribution in [0.15, 0.2) is 30.3 Å². The molecule has 0 unspecified atom stereocenters. The van der Waals surface area contributed by atoms with Crippen molar-refractivity contribution in [2.75, 3.05) is 26.1 Å². The molecule has 2 N–H and O–H groups in total. The predicted octanol–water partition coefficient (Wildman–Crippen LogP) is 3.30. The fourth-order valence-corrected chi connectivity index (χ4v) is 3.32. The van der Waals surface area contributed by atoms with Crippen molar-refractivity contribution in [1.29, 1.82) is 0 Å². The van der Waals surface area contributed by atoms with Crippen molar-refractivity contribution in [3.8, 4) is 17.2 Å². The van der Waals surface area contributed by atoms with Gasteiger partial charge in [0, 0.05) is 0 Å². The van der Waals surface area contributed by atoms with Crippen LogP contribution >= 0.6 is 0 Å². The van der Waals surface area contributed by atoms with Gasteiger partial charge in [-0.15, -0.1) is 0 Å². The van der Waals surface area contributed by atoms with Gasteiger partial charge in [0.25, 0.3) is 5.91 Å². The number of nitrogens with one attached hydrogen (secondary N) is 1. The van der Waals surface area contributed by atoms with Gasteiger partial charge in [-0.25, -0.2) is 4.79 Å². The summed E-state index contributed by atoms with van der Waals surface area (Å²) in [6, 6.07) is 8.55. The largest absolute Gasteiger partial charge is 0.493 e. The third kappa shape index (κ3) is 4.36. The van der Waals surface area contributed by atoms with Gasteiger partial charge in [0.1, 0.15) is 5.75 Å². The molecule has 148 valence electrons. The molecule has 1 aliphatic rings. The van der Waals surface area contributed by atoms with Crippen molar-refractivity contribution < 1.29 is 28.9 Å². The number of hydrogen-bond acceptors (Lipinski definition) is 5. The number of ether oxygens (including phenoxy) is 3. The zero-order valence-corrected chi connectivity index (χ0v) is 15.9. The zero-order valence-electron chi connectivity index (χ0n) is 15.9. The number of amides is 1. The smallest absolute Gasteiger partial charge is 0.335 e. The molecule has 0 bridgehead atoms. The Hall–Kier alpha value is -3.22. The maximum atomic E-state index is 12.3. The molecule has 0 aromatic heterocycles. The summed E-state index contributed by atoms with van der Waals surface area (Å²) < 4.78 is 16.0. The summed E-state index contributed by atoms with van der Waals surface area (Å²) in [7, 11) is 2.81. The number of fused-ring (bicyclic) bond motifs is 1. The fraction of sp³-hybridized carbons (Fsp3) is 0.333. The molecule has 7 nitrogen and oxygen atoms in total. The lowest BCUT2D eigenvalue weighted by Crippen LogP contribution is -2.21. The van der Waals surface area contributed by atoms with Gasteiger partial charge < -0.3 is 24.6 Å². The van der Waals surface area contributed by atoms with E-state index in [1.54, 1.807) is 0 Å². The first-order valence-corrected chi connectivity index (χ1v) is 9.05. The van der Waals surface area contributed by atoms with Crippen molar-refractivity contribution in [3.63, 3.8) is 0 Å². The SMILES string of the molecule is COc1cc(C(=O)O)cc(NC(=O)COc2ccc3c(c2)CCCC3)c1OC. The number of rotatable bonds is 7. The molecule has 2 aromatic carbocycles. The number of methoxy groups -OCH3 is 2. The van der Waals surface area contributed by atoms with E-state index in [4.69, 9.17) is 14.2 Å². The average Bonchev–Trinajstić information content (AvgIpc) is 2.71. The predicted molar refractivity (Wildman–Crippen MR) is 104 cm³/mol. The Morgan fingerprint density at radius 3 is 2.46 bits per heavy atom. The second-order valence-corrected chi connectivity index (χ2v) is 6.54. The second kappa shape index (κ2) is 8.65. The summed E-state index contributed by atoms with van der Waals surface area (Å²) in [4.78, 5) is 23.6. The molecule has 28 heavy (non-hydrogen) atoms. The number of carboxylic acids is 1. The van der Waals surface area contributed by atoms with Crippen LogP contribution < -0.4 is 19.5 Å². The number of hydrogen-bond donors (Lipinski definition) is 2. The Morgan fingerprint density at radius 2 is 1.79 bits per heavy atom. The summed E-state index contributed by atoms with van der Waals surface area (Å²) >= 11 is 0. The minimum absolute atomic E-state index is 0.0245. The van der Waals surface area contributed by atoms with Crippen molar-refractivity contribution in [2.45, 2.75) is 25.7 Å². The number of carbonyl (C=O) groups is 2. The summed E-state index contributed by atoms with van der Waals surface area (Å²) in [5.74, 6) is -0.468. The van der Waals surface area contributed by atoms with Gasteiger partial charge in [-0.3, -0.25) is 4.79 Å². The van der Waals surface area contributed by atoms with E-state index in [0.717, 1.165) is 12.8 Å². The van der Waals surface area contributed by atoms with E-state index in [0.29, 0.717) is 5.75 Å². The van der Waals surface area contributed by atoms with Crippen molar-refractivity contribution in [3.05, 3.63) is 47.0 Å². The standard InChI is InChI=1S/C21H23NO6/c1-26-18-11-15(21(24)25)10-17(20(18)27-2)22-19(23)12-28-16-8-7-13-5-3-4-6-14(13)9-16/h7-11H,3-6,12H2,1-2H3,(H,22,23)(H,24,25). The van der Waals surface area contributed by atoms with Gasteiger partial charge in [-0.05, 0) is 61.1 Å². The number of carboxylic acid groups (broad SMARTS) is 1. The first-order chi connectivity index (χ1) is 13.5. The van der Waals surface area contributed by atoms with Crippen LogP contribution in [0.5, 0.6) is 17.2 Å². The fourth-order valence-electron chi connectivity index (χ4n) is 3.32. The Bertz CT molecular complexity index is 893. The van der Waals surface area contributed by atoms with Gasteiger partial charge in [-0.2, -0.15) is 0 Å². The summed E-state index contributed by atoms with van der Waals surface area (Å²) in [6.45, 7) is -0.207. The first kappa shape index (κ1) is 19.5. The topological polar surface area (TPSA) is 94.1 Å². The molecule has 0 aliphatic heterocycles. The van der Waals surface area contributed by atoms with E-state index in [1.807, 2.05) is 18.2 Å². The van der Waals surface area contributed by atoms with Gasteiger partial charge >= 0.3 is 5.97 Å². The maximum Gasteiger partial charge on any atom is 0.335 e.